The second-order valence-electron chi connectivity index (χ2n) is 5.80. The fraction of sp³-hybridized carbons (Fsp3) is 0.263. The molecule has 0 aliphatic carbocycles. The minimum Gasteiger partial charge on any atom is -0.481 e. The monoisotopic (exact) mass is 390 g/mol. The molecule has 0 aromatic heterocycles. The van der Waals surface area contributed by atoms with E-state index in [0.29, 0.717) is 24.3 Å². The van der Waals surface area contributed by atoms with Crippen molar-refractivity contribution in [3.8, 4) is 0 Å². The first-order chi connectivity index (χ1) is 12.8. The van der Waals surface area contributed by atoms with Gasteiger partial charge in [0.1, 0.15) is 0 Å². The van der Waals surface area contributed by atoms with Crippen LogP contribution >= 0.6 is 0 Å². The van der Waals surface area contributed by atoms with Crippen molar-refractivity contribution in [2.24, 2.45) is 0 Å². The third kappa shape index (κ3) is 4.93. The number of carboxylic acid groups (broad SMARTS) is 1. The SMILES string of the molecule is CCN(CC)S(=O)(=O)c1cccc(C(=O)Nc2ccccc2CC(=O)O)c1. The molecule has 0 bridgehead atoms. The lowest BCUT2D eigenvalue weighted by Gasteiger charge is -2.18. The number of para-hydroxylation sites is 1. The van der Waals surface area contributed by atoms with Gasteiger partial charge in [-0.1, -0.05) is 38.1 Å². The number of aliphatic carboxylic acids is 1. The summed E-state index contributed by atoms with van der Waals surface area (Å²) in [5.74, 6) is -1.52. The summed E-state index contributed by atoms with van der Waals surface area (Å²) in [6.45, 7) is 4.16. The average molecular weight is 390 g/mol. The fourth-order valence-electron chi connectivity index (χ4n) is 2.66. The molecule has 2 rings (SSSR count). The molecular weight excluding hydrogens is 368 g/mol. The Morgan fingerprint density at radius 3 is 2.33 bits per heavy atom. The quantitative estimate of drug-likeness (QED) is 0.721. The Balaban J connectivity index is 2.30. The Morgan fingerprint density at radius 2 is 1.70 bits per heavy atom. The maximum atomic E-state index is 12.6. The molecule has 0 aliphatic heterocycles. The normalized spacial score (nSPS) is 11.4. The number of amides is 1. The van der Waals surface area contributed by atoms with Crippen LogP contribution in [0.3, 0.4) is 0 Å². The highest BCUT2D eigenvalue weighted by Crippen LogP contribution is 2.20. The van der Waals surface area contributed by atoms with E-state index in [1.54, 1.807) is 38.1 Å². The van der Waals surface area contributed by atoms with Gasteiger partial charge < -0.3 is 10.4 Å². The van der Waals surface area contributed by atoms with Crippen molar-refractivity contribution in [3.63, 3.8) is 0 Å². The maximum Gasteiger partial charge on any atom is 0.307 e. The first-order valence-corrected chi connectivity index (χ1v) is 9.94. The number of carbonyl (C=O) groups is 2. The molecule has 0 fully saturated rings. The van der Waals surface area contributed by atoms with Crippen LogP contribution in [0.25, 0.3) is 0 Å². The Bertz CT molecular complexity index is 937. The number of nitrogens with zero attached hydrogens (tertiary/aromatic N) is 1. The molecule has 2 N–H and O–H groups in total. The molecule has 2 aromatic rings. The molecule has 27 heavy (non-hydrogen) atoms. The van der Waals surface area contributed by atoms with E-state index < -0.39 is 21.9 Å². The summed E-state index contributed by atoms with van der Waals surface area (Å²) in [6.07, 6.45) is -0.229. The third-order valence-corrected chi connectivity index (χ3v) is 6.09. The number of sulfonamides is 1. The Kier molecular flexibility index (Phi) is 6.70. The topological polar surface area (TPSA) is 104 Å². The van der Waals surface area contributed by atoms with Crippen molar-refractivity contribution in [1.29, 1.82) is 0 Å². The zero-order valence-corrected chi connectivity index (χ0v) is 16.0. The largest absolute Gasteiger partial charge is 0.481 e. The second-order valence-corrected chi connectivity index (χ2v) is 7.74. The van der Waals surface area contributed by atoms with Crippen LogP contribution < -0.4 is 5.32 Å². The predicted molar refractivity (Wildman–Crippen MR) is 102 cm³/mol. The minimum atomic E-state index is -3.68. The number of rotatable bonds is 8. The molecule has 2 aromatic carbocycles. The van der Waals surface area contributed by atoms with E-state index >= 15 is 0 Å². The maximum absolute atomic E-state index is 12.6. The van der Waals surface area contributed by atoms with E-state index in [0.717, 1.165) is 0 Å². The van der Waals surface area contributed by atoms with Gasteiger partial charge in [0.25, 0.3) is 5.91 Å². The van der Waals surface area contributed by atoms with Gasteiger partial charge in [-0.2, -0.15) is 4.31 Å². The highest BCUT2D eigenvalue weighted by Gasteiger charge is 2.22. The van der Waals surface area contributed by atoms with Gasteiger partial charge in [0.15, 0.2) is 0 Å². The van der Waals surface area contributed by atoms with E-state index in [1.165, 1.54) is 28.6 Å². The van der Waals surface area contributed by atoms with E-state index in [1.807, 2.05) is 0 Å². The molecule has 144 valence electrons. The van der Waals surface area contributed by atoms with Crippen molar-refractivity contribution in [1.82, 2.24) is 4.31 Å². The van der Waals surface area contributed by atoms with Crippen molar-refractivity contribution >= 4 is 27.6 Å². The molecule has 0 unspecified atom stereocenters. The zero-order valence-electron chi connectivity index (χ0n) is 15.2. The van der Waals surface area contributed by atoms with Gasteiger partial charge >= 0.3 is 5.97 Å². The number of nitrogens with one attached hydrogen (secondary N) is 1. The van der Waals surface area contributed by atoms with Gasteiger partial charge in [0.2, 0.25) is 10.0 Å². The first kappa shape index (κ1) is 20.6. The van der Waals surface area contributed by atoms with Crippen LogP contribution in [-0.2, 0) is 21.2 Å². The third-order valence-electron chi connectivity index (χ3n) is 4.05. The van der Waals surface area contributed by atoms with Crippen molar-refractivity contribution in [2.75, 3.05) is 18.4 Å². The van der Waals surface area contributed by atoms with Gasteiger partial charge in [-0.25, -0.2) is 8.42 Å². The average Bonchev–Trinajstić information content (AvgIpc) is 2.64. The fourth-order valence-corrected chi connectivity index (χ4v) is 4.17. The molecule has 8 heteroatoms. The van der Waals surface area contributed by atoms with Crippen LogP contribution in [0.4, 0.5) is 5.69 Å². The second kappa shape index (κ2) is 8.79. The van der Waals surface area contributed by atoms with Crippen molar-refractivity contribution in [3.05, 3.63) is 59.7 Å². The van der Waals surface area contributed by atoms with Crippen LogP contribution in [0.15, 0.2) is 53.4 Å². The number of hydrogen-bond donors (Lipinski definition) is 2. The molecule has 0 aliphatic rings. The number of carbonyl (C=O) groups excluding carboxylic acids is 1. The summed E-state index contributed by atoms with van der Waals surface area (Å²) in [6, 6.07) is 12.4. The molecule has 0 saturated heterocycles. The summed E-state index contributed by atoms with van der Waals surface area (Å²) in [7, 11) is -3.68. The lowest BCUT2D eigenvalue weighted by Crippen LogP contribution is -2.30. The predicted octanol–water partition coefficient (Wildman–Crippen LogP) is 2.60. The molecule has 0 radical (unpaired) electrons. The summed E-state index contributed by atoms with van der Waals surface area (Å²) in [4.78, 5) is 23.6. The van der Waals surface area contributed by atoms with Crippen LogP contribution in [-0.4, -0.2) is 42.8 Å². The smallest absolute Gasteiger partial charge is 0.307 e. The standard InChI is InChI=1S/C19H22N2O5S/c1-3-21(4-2)27(25,26)16-10-7-9-15(12-16)19(24)20-17-11-6-5-8-14(17)13-18(22)23/h5-12H,3-4,13H2,1-2H3,(H,20,24)(H,22,23). The minimum absolute atomic E-state index is 0.0395. The lowest BCUT2D eigenvalue weighted by molar-refractivity contribution is -0.136. The first-order valence-electron chi connectivity index (χ1n) is 8.50. The van der Waals surface area contributed by atoms with Crippen LogP contribution in [0, 0.1) is 0 Å². The molecule has 0 saturated carbocycles. The van der Waals surface area contributed by atoms with Gasteiger partial charge in [-0.15, -0.1) is 0 Å². The zero-order chi connectivity index (χ0) is 20.0. The molecule has 0 heterocycles. The van der Waals surface area contributed by atoms with Crippen LogP contribution in [0.2, 0.25) is 0 Å². The Hall–Kier alpha value is -2.71. The van der Waals surface area contributed by atoms with Crippen molar-refractivity contribution in [2.45, 2.75) is 25.2 Å². The molecular formula is C19H22N2O5S. The van der Waals surface area contributed by atoms with Gasteiger partial charge in [0, 0.05) is 24.3 Å². The highest BCUT2D eigenvalue weighted by atomic mass is 32.2. The number of carboxylic acids is 1. The number of benzene rings is 2. The molecule has 7 nitrogen and oxygen atoms in total. The summed E-state index contributed by atoms with van der Waals surface area (Å²) in [5, 5.41) is 11.6. The van der Waals surface area contributed by atoms with Gasteiger partial charge in [0.05, 0.1) is 11.3 Å². The highest BCUT2D eigenvalue weighted by molar-refractivity contribution is 7.89. The van der Waals surface area contributed by atoms with Crippen LogP contribution in [0.5, 0.6) is 0 Å². The van der Waals surface area contributed by atoms with Crippen LogP contribution in [0.1, 0.15) is 29.8 Å². The Labute approximate surface area is 158 Å². The van der Waals surface area contributed by atoms with Crippen molar-refractivity contribution < 1.29 is 23.1 Å². The molecule has 0 spiro atoms. The summed E-state index contributed by atoms with van der Waals surface area (Å²) >= 11 is 0. The number of hydrogen-bond acceptors (Lipinski definition) is 4. The van der Waals surface area contributed by atoms with E-state index in [4.69, 9.17) is 5.11 Å². The lowest BCUT2D eigenvalue weighted by atomic mass is 10.1. The summed E-state index contributed by atoms with van der Waals surface area (Å²) in [5.41, 5.74) is 1.01. The number of anilines is 1. The van der Waals surface area contributed by atoms with E-state index in [2.05, 4.69) is 5.32 Å². The van der Waals surface area contributed by atoms with E-state index in [9.17, 15) is 18.0 Å². The summed E-state index contributed by atoms with van der Waals surface area (Å²) < 4.78 is 26.6. The van der Waals surface area contributed by atoms with E-state index in [-0.39, 0.29) is 16.9 Å². The van der Waals surface area contributed by atoms with Gasteiger partial charge in [-0.05, 0) is 29.8 Å². The molecule has 0 atom stereocenters. The van der Waals surface area contributed by atoms with Gasteiger partial charge in [-0.3, -0.25) is 9.59 Å². The molecule has 1 amide bonds. The Morgan fingerprint density at radius 1 is 1.04 bits per heavy atom.